The molecular weight excluding hydrogens is 404 g/mol. The molecule has 7 nitrogen and oxygen atoms in total. The molecule has 2 heterocycles. The van der Waals surface area contributed by atoms with Gasteiger partial charge < -0.3 is 14.8 Å². The van der Waals surface area contributed by atoms with Crippen LogP contribution in [0.5, 0.6) is 11.5 Å². The lowest BCUT2D eigenvalue weighted by atomic mass is 9.73. The van der Waals surface area contributed by atoms with Gasteiger partial charge in [0.05, 0.1) is 14.2 Å². The Bertz CT molecular complexity index is 1220. The van der Waals surface area contributed by atoms with E-state index in [1.807, 2.05) is 53.2 Å². The molecule has 32 heavy (non-hydrogen) atoms. The van der Waals surface area contributed by atoms with E-state index in [2.05, 4.69) is 19.2 Å². The van der Waals surface area contributed by atoms with Gasteiger partial charge >= 0.3 is 0 Å². The summed E-state index contributed by atoms with van der Waals surface area (Å²) in [5, 5.41) is 8.24. The summed E-state index contributed by atoms with van der Waals surface area (Å²) in [6, 6.07) is 15.1. The molecule has 1 aliphatic heterocycles. The first-order valence-electron chi connectivity index (χ1n) is 10.7. The third-order valence-electron chi connectivity index (χ3n) is 6.09. The summed E-state index contributed by atoms with van der Waals surface area (Å²) in [7, 11) is 3.28. The van der Waals surface area contributed by atoms with Crippen LogP contribution in [0.3, 0.4) is 0 Å². The second-order valence-electron chi connectivity index (χ2n) is 9.07. The van der Waals surface area contributed by atoms with Gasteiger partial charge in [-0.15, -0.1) is 5.10 Å². The maximum atomic E-state index is 13.3. The van der Waals surface area contributed by atoms with E-state index in [1.54, 1.807) is 14.2 Å². The summed E-state index contributed by atoms with van der Waals surface area (Å²) in [6.07, 6.45) is 1.28. The minimum absolute atomic E-state index is 0.108. The maximum Gasteiger partial charge on any atom is 0.226 e. The van der Waals surface area contributed by atoms with Crippen molar-refractivity contribution in [3.8, 4) is 22.9 Å². The first-order chi connectivity index (χ1) is 15.4. The van der Waals surface area contributed by atoms with Crippen LogP contribution in [0.2, 0.25) is 0 Å². The lowest BCUT2D eigenvalue weighted by molar-refractivity contribution is -0.118. The molecule has 0 amide bonds. The molecule has 5 rings (SSSR count). The molecule has 0 saturated heterocycles. The van der Waals surface area contributed by atoms with Crippen LogP contribution < -0.4 is 14.8 Å². The van der Waals surface area contributed by atoms with Crippen LogP contribution in [-0.2, 0) is 4.79 Å². The Morgan fingerprint density at radius 3 is 2.50 bits per heavy atom. The Balaban J connectivity index is 1.65. The zero-order valence-electron chi connectivity index (χ0n) is 18.7. The third kappa shape index (κ3) is 3.43. The highest BCUT2D eigenvalue weighted by molar-refractivity contribution is 6.00. The van der Waals surface area contributed by atoms with Crippen LogP contribution >= 0.6 is 0 Å². The van der Waals surface area contributed by atoms with Crippen molar-refractivity contribution < 1.29 is 14.3 Å². The summed E-state index contributed by atoms with van der Waals surface area (Å²) in [4.78, 5) is 18.1. The molecule has 1 aromatic heterocycles. The minimum Gasteiger partial charge on any atom is -0.497 e. The lowest BCUT2D eigenvalue weighted by Crippen LogP contribution is -2.36. The van der Waals surface area contributed by atoms with E-state index in [0.717, 1.165) is 40.3 Å². The Labute approximate surface area is 187 Å². The molecule has 7 heteroatoms. The summed E-state index contributed by atoms with van der Waals surface area (Å²) in [5.74, 6) is 2.88. The van der Waals surface area contributed by atoms with Crippen LogP contribution in [0.15, 0.2) is 59.8 Å². The number of nitrogens with one attached hydrogen (secondary N) is 1. The van der Waals surface area contributed by atoms with Crippen molar-refractivity contribution in [2.24, 2.45) is 5.41 Å². The number of ketones is 1. The number of fused-ring (bicyclic) bond motifs is 1. The van der Waals surface area contributed by atoms with Gasteiger partial charge in [0.25, 0.3) is 0 Å². The average Bonchev–Trinajstić information content (AvgIpc) is 3.20. The molecule has 0 unspecified atom stereocenters. The fourth-order valence-corrected chi connectivity index (χ4v) is 4.59. The zero-order valence-corrected chi connectivity index (χ0v) is 18.7. The first kappa shape index (κ1) is 20.3. The quantitative estimate of drug-likeness (QED) is 0.651. The number of carbonyl (C=O) groups excluding carboxylic acids is 1. The molecule has 2 aromatic carbocycles. The van der Waals surface area contributed by atoms with Gasteiger partial charge in [-0.25, -0.2) is 4.68 Å². The molecule has 0 saturated carbocycles. The number of Topliss-reactive ketones (excluding diaryl/α,β-unsaturated/α-hetero) is 1. The summed E-state index contributed by atoms with van der Waals surface area (Å²) >= 11 is 0. The molecule has 164 valence electrons. The number of allylic oxidation sites excluding steroid dienone is 2. The Morgan fingerprint density at radius 1 is 1.03 bits per heavy atom. The van der Waals surface area contributed by atoms with Gasteiger partial charge in [-0.3, -0.25) is 4.79 Å². The topological polar surface area (TPSA) is 78.3 Å². The molecule has 0 radical (unpaired) electrons. The highest BCUT2D eigenvalue weighted by Crippen LogP contribution is 2.46. The molecule has 2 aliphatic rings. The van der Waals surface area contributed by atoms with Crippen LogP contribution in [-0.4, -0.2) is 34.8 Å². The molecule has 0 fully saturated rings. The molecule has 3 aromatic rings. The van der Waals surface area contributed by atoms with Crippen molar-refractivity contribution in [2.45, 2.75) is 32.7 Å². The van der Waals surface area contributed by atoms with Crippen LogP contribution in [0.25, 0.3) is 11.4 Å². The van der Waals surface area contributed by atoms with E-state index < -0.39 is 0 Å². The van der Waals surface area contributed by atoms with Gasteiger partial charge in [-0.1, -0.05) is 26.0 Å². The van der Waals surface area contributed by atoms with E-state index in [4.69, 9.17) is 19.6 Å². The lowest BCUT2D eigenvalue weighted by Gasteiger charge is -2.38. The van der Waals surface area contributed by atoms with Crippen LogP contribution in [0.4, 0.5) is 5.95 Å². The number of methoxy groups -OCH3 is 2. The van der Waals surface area contributed by atoms with Crippen molar-refractivity contribution in [2.75, 3.05) is 19.5 Å². The van der Waals surface area contributed by atoms with Gasteiger partial charge in [0, 0.05) is 23.3 Å². The monoisotopic (exact) mass is 430 g/mol. The van der Waals surface area contributed by atoms with Crippen molar-refractivity contribution >= 4 is 11.7 Å². The van der Waals surface area contributed by atoms with Gasteiger partial charge in [0.2, 0.25) is 5.95 Å². The molecular formula is C25H26N4O3. The van der Waals surface area contributed by atoms with Gasteiger partial charge in [0.1, 0.15) is 17.5 Å². The van der Waals surface area contributed by atoms with Crippen LogP contribution in [0.1, 0.15) is 38.3 Å². The van der Waals surface area contributed by atoms with Crippen molar-refractivity contribution in [1.82, 2.24) is 14.8 Å². The summed E-state index contributed by atoms with van der Waals surface area (Å²) in [6.45, 7) is 4.25. The van der Waals surface area contributed by atoms with Gasteiger partial charge in [0.15, 0.2) is 11.6 Å². The predicted molar refractivity (Wildman–Crippen MR) is 122 cm³/mol. The Hall–Kier alpha value is -3.61. The van der Waals surface area contributed by atoms with Crippen molar-refractivity contribution in [1.29, 1.82) is 0 Å². The predicted octanol–water partition coefficient (Wildman–Crippen LogP) is 4.62. The van der Waals surface area contributed by atoms with E-state index in [-0.39, 0.29) is 17.2 Å². The Morgan fingerprint density at radius 2 is 1.78 bits per heavy atom. The van der Waals surface area contributed by atoms with E-state index in [0.29, 0.717) is 18.2 Å². The number of carbonyl (C=O) groups is 1. The number of benzene rings is 2. The van der Waals surface area contributed by atoms with E-state index in [9.17, 15) is 4.79 Å². The summed E-state index contributed by atoms with van der Waals surface area (Å²) in [5.41, 5.74) is 3.40. The van der Waals surface area contributed by atoms with Crippen LogP contribution in [0, 0.1) is 5.41 Å². The molecule has 0 spiro atoms. The average molecular weight is 431 g/mol. The number of aromatic nitrogens is 3. The standard InChI is InChI=1S/C25H26N4O3/c1-25(2)13-19-21(20(30)14-25)22(16-6-5-7-18(12-16)32-4)29-24(26-19)27-23(28-29)15-8-10-17(31-3)11-9-15/h5-12,22H,13-14H2,1-4H3,(H,26,27,28)/t22-/m0/s1. The summed E-state index contributed by atoms with van der Waals surface area (Å²) < 4.78 is 12.5. The fourth-order valence-electron chi connectivity index (χ4n) is 4.59. The fraction of sp³-hybridized carbons (Fsp3) is 0.320. The minimum atomic E-state index is -0.362. The van der Waals surface area contributed by atoms with E-state index in [1.165, 1.54) is 0 Å². The Kier molecular flexibility index (Phi) is 4.77. The molecule has 0 bridgehead atoms. The number of hydrogen-bond donors (Lipinski definition) is 1. The first-order valence-corrected chi connectivity index (χ1v) is 10.7. The number of rotatable bonds is 4. The number of anilines is 1. The second-order valence-corrected chi connectivity index (χ2v) is 9.07. The number of nitrogens with zero attached hydrogens (tertiary/aromatic N) is 3. The zero-order chi connectivity index (χ0) is 22.5. The maximum absolute atomic E-state index is 13.3. The van der Waals surface area contributed by atoms with Gasteiger partial charge in [-0.05, 0) is 53.8 Å². The highest BCUT2D eigenvalue weighted by Gasteiger charge is 2.42. The van der Waals surface area contributed by atoms with Gasteiger partial charge in [-0.2, -0.15) is 4.98 Å². The van der Waals surface area contributed by atoms with Crippen molar-refractivity contribution in [3.63, 3.8) is 0 Å². The second kappa shape index (κ2) is 7.51. The largest absolute Gasteiger partial charge is 0.497 e. The normalized spacial score (nSPS) is 19.1. The van der Waals surface area contributed by atoms with E-state index >= 15 is 0 Å². The third-order valence-corrected chi connectivity index (χ3v) is 6.09. The number of hydrogen-bond acceptors (Lipinski definition) is 6. The van der Waals surface area contributed by atoms with Crippen molar-refractivity contribution in [3.05, 3.63) is 65.4 Å². The molecule has 1 aliphatic carbocycles. The highest BCUT2D eigenvalue weighted by atomic mass is 16.5. The molecule has 1 atom stereocenters. The molecule has 1 N–H and O–H groups in total. The smallest absolute Gasteiger partial charge is 0.226 e. The number of ether oxygens (including phenoxy) is 2. The SMILES string of the molecule is COc1ccc(-c2nc3n(n2)[C@@H](c2cccc(OC)c2)C2=C(CC(C)(C)CC2=O)N3)cc1.